The van der Waals surface area contributed by atoms with Crippen molar-refractivity contribution in [2.45, 2.75) is 125 Å². The second-order valence-electron chi connectivity index (χ2n) is 17.1. The van der Waals surface area contributed by atoms with Crippen molar-refractivity contribution in [2.75, 3.05) is 19.8 Å². The molecule has 9 nitrogen and oxygen atoms in total. The van der Waals surface area contributed by atoms with Gasteiger partial charge in [-0.25, -0.2) is 0 Å². The van der Waals surface area contributed by atoms with Crippen molar-refractivity contribution in [1.82, 2.24) is 0 Å². The Morgan fingerprint density at radius 1 is 1.04 bits per heavy atom. The van der Waals surface area contributed by atoms with Crippen LogP contribution in [0.3, 0.4) is 0 Å². The number of aliphatic hydroxyl groups is 1. The number of hydrogen-bond acceptors (Lipinski definition) is 8. The van der Waals surface area contributed by atoms with Crippen LogP contribution in [0.4, 0.5) is 0 Å². The summed E-state index contributed by atoms with van der Waals surface area (Å²) in [7, 11) is 0. The number of carboxylic acids is 1. The molecule has 12 atom stereocenters. The van der Waals surface area contributed by atoms with Gasteiger partial charge >= 0.3 is 17.9 Å². The third kappa shape index (κ3) is 5.17. The maximum absolute atomic E-state index is 13.3. The number of carbonyl (C=O) groups excluding carboxylic acids is 2. The van der Waals surface area contributed by atoms with E-state index in [2.05, 4.69) is 54.5 Å². The molecule has 5 aliphatic rings. The number of carboxylic acid groups (broad SMARTS) is 1. The lowest BCUT2D eigenvalue weighted by atomic mass is 9.34. The molecular formula is C37H59NO8. The van der Waals surface area contributed by atoms with Gasteiger partial charge in [0.05, 0.1) is 25.7 Å². The van der Waals surface area contributed by atoms with E-state index in [0.717, 1.165) is 25.7 Å². The van der Waals surface area contributed by atoms with E-state index < -0.39 is 58.3 Å². The molecule has 4 aliphatic carbocycles. The number of hydrogen-bond donors (Lipinski definition) is 3. The van der Waals surface area contributed by atoms with Gasteiger partial charge in [0, 0.05) is 30.2 Å². The summed E-state index contributed by atoms with van der Waals surface area (Å²) >= 11 is 0. The molecule has 1 saturated heterocycles. The Hall–Kier alpha value is -1.97. The zero-order valence-electron chi connectivity index (χ0n) is 29.4. The predicted octanol–water partition coefficient (Wildman–Crippen LogP) is 5.52. The van der Waals surface area contributed by atoms with E-state index in [9.17, 15) is 24.6 Å². The fourth-order valence-corrected chi connectivity index (χ4v) is 11.7. The van der Waals surface area contributed by atoms with Crippen LogP contribution in [0.1, 0.15) is 107 Å². The topological polar surface area (TPSA) is 145 Å². The minimum Gasteiger partial charge on any atom is -0.481 e. The Balaban J connectivity index is 1.54. The van der Waals surface area contributed by atoms with E-state index in [1.54, 1.807) is 0 Å². The van der Waals surface area contributed by atoms with Gasteiger partial charge in [-0.15, -0.1) is 0 Å². The molecule has 0 unspecified atom stereocenters. The number of ether oxygens (including phenoxy) is 3. The third-order valence-corrected chi connectivity index (χ3v) is 14.6. The summed E-state index contributed by atoms with van der Waals surface area (Å²) in [5, 5.41) is 20.3. The molecule has 4 fully saturated rings. The van der Waals surface area contributed by atoms with Crippen molar-refractivity contribution >= 4 is 17.9 Å². The van der Waals surface area contributed by atoms with Crippen LogP contribution in [0, 0.1) is 56.7 Å². The van der Waals surface area contributed by atoms with Crippen LogP contribution >= 0.6 is 0 Å². The number of nitrogens with two attached hydrogens (primary N) is 1. The summed E-state index contributed by atoms with van der Waals surface area (Å²) in [5.74, 6) is -0.994. The number of rotatable bonds is 9. The van der Waals surface area contributed by atoms with Gasteiger partial charge in [0.2, 0.25) is 0 Å². The Kier molecular flexibility index (Phi) is 9.35. The maximum Gasteiger partial charge on any atom is 0.307 e. The first-order chi connectivity index (χ1) is 21.4. The van der Waals surface area contributed by atoms with E-state index in [1.165, 1.54) is 12.5 Å². The molecule has 5 rings (SSSR count). The van der Waals surface area contributed by atoms with Crippen LogP contribution in [-0.4, -0.2) is 66.2 Å². The SMILES string of the molecule is CC(=O)O[C@@H]1C[C@@]23COC[C@](C)([C@@H]2CC[C@H]2C3=CC[C@@]3(C)[C@H](C(=O)O)[C@@](C)([C@H](C)C(C)C)CC[C@]23C)[C@H]1OC(=O)CC[C@@H](N)CO. The van der Waals surface area contributed by atoms with Crippen molar-refractivity contribution in [3.05, 3.63) is 11.6 Å². The predicted molar refractivity (Wildman–Crippen MR) is 173 cm³/mol. The number of fused-ring (bicyclic) bond motifs is 3. The van der Waals surface area contributed by atoms with Crippen molar-refractivity contribution in [3.8, 4) is 0 Å². The first-order valence-corrected chi connectivity index (χ1v) is 17.7. The molecule has 0 aromatic heterocycles. The average molecular weight is 646 g/mol. The fraction of sp³-hybridized carbons (Fsp3) is 0.865. The summed E-state index contributed by atoms with van der Waals surface area (Å²) in [4.78, 5) is 38.9. The Bertz CT molecular complexity index is 1250. The number of aliphatic carboxylic acids is 1. The van der Waals surface area contributed by atoms with Gasteiger partial charge in [-0.1, -0.05) is 60.1 Å². The molecule has 0 radical (unpaired) electrons. The van der Waals surface area contributed by atoms with E-state index in [-0.39, 0.29) is 41.6 Å². The quantitative estimate of drug-likeness (QED) is 0.218. The molecule has 0 spiro atoms. The molecular weight excluding hydrogens is 586 g/mol. The van der Waals surface area contributed by atoms with E-state index in [1.807, 2.05) is 0 Å². The molecule has 3 saturated carbocycles. The number of allylic oxidation sites excluding steroid dienone is 1. The fourth-order valence-electron chi connectivity index (χ4n) is 11.7. The molecule has 2 bridgehead atoms. The van der Waals surface area contributed by atoms with E-state index in [0.29, 0.717) is 38.4 Å². The van der Waals surface area contributed by atoms with Crippen LogP contribution in [-0.2, 0) is 28.6 Å². The molecule has 0 amide bonds. The van der Waals surface area contributed by atoms with Crippen molar-refractivity contribution in [3.63, 3.8) is 0 Å². The highest BCUT2D eigenvalue weighted by Gasteiger charge is 2.72. The lowest BCUT2D eigenvalue weighted by Crippen LogP contribution is -2.70. The van der Waals surface area contributed by atoms with Crippen molar-refractivity contribution < 1.29 is 38.8 Å². The summed E-state index contributed by atoms with van der Waals surface area (Å²) in [5.41, 5.74) is 5.25. The van der Waals surface area contributed by atoms with Gasteiger partial charge in [0.15, 0.2) is 0 Å². The molecule has 0 aromatic carbocycles. The lowest BCUT2D eigenvalue weighted by molar-refractivity contribution is -0.263. The minimum absolute atomic E-state index is 0.0705. The Morgan fingerprint density at radius 3 is 2.35 bits per heavy atom. The van der Waals surface area contributed by atoms with Gasteiger partial charge in [0.1, 0.15) is 12.2 Å². The van der Waals surface area contributed by atoms with Gasteiger partial charge < -0.3 is 30.2 Å². The highest BCUT2D eigenvalue weighted by atomic mass is 16.6. The normalized spacial score (nSPS) is 44.5. The third-order valence-electron chi connectivity index (χ3n) is 14.6. The van der Waals surface area contributed by atoms with E-state index >= 15 is 0 Å². The molecule has 1 heterocycles. The van der Waals surface area contributed by atoms with Crippen molar-refractivity contribution in [1.29, 1.82) is 0 Å². The summed E-state index contributed by atoms with van der Waals surface area (Å²) < 4.78 is 18.6. The Morgan fingerprint density at radius 2 is 1.74 bits per heavy atom. The van der Waals surface area contributed by atoms with Gasteiger partial charge in [-0.3, -0.25) is 14.4 Å². The first kappa shape index (κ1) is 35.3. The minimum atomic E-state index is -0.683. The van der Waals surface area contributed by atoms with Crippen LogP contribution in [0.2, 0.25) is 0 Å². The first-order valence-electron chi connectivity index (χ1n) is 17.7. The number of aliphatic hydroxyl groups excluding tert-OH is 1. The van der Waals surface area contributed by atoms with Crippen LogP contribution < -0.4 is 5.73 Å². The van der Waals surface area contributed by atoms with Crippen molar-refractivity contribution in [2.24, 2.45) is 62.4 Å². The van der Waals surface area contributed by atoms with Gasteiger partial charge in [-0.05, 0) is 84.9 Å². The number of esters is 2. The summed E-state index contributed by atoms with van der Waals surface area (Å²) in [6, 6.07) is -0.503. The molecule has 46 heavy (non-hydrogen) atoms. The monoisotopic (exact) mass is 645 g/mol. The van der Waals surface area contributed by atoms with Gasteiger partial charge in [0.25, 0.3) is 0 Å². The molecule has 9 heteroatoms. The standard InChI is InChI=1S/C37H59NO8/c1-21(2)22(3)33(5)15-16-35(7)25-10-11-28-34(6)19-44-20-37(28,26(25)13-14-36(35,8)30(33)32(42)43)17-27(45-23(4)40)31(34)46-29(41)12-9-24(38)18-39/h13,21-22,24-25,27-28,30-31,39H,9-12,14-20,38H2,1-8H3,(H,42,43)/t22-,24-,25+,27-,28+,30-,31+,33-,34-,35-,36+,37+/m1/s1. The van der Waals surface area contributed by atoms with E-state index in [4.69, 9.17) is 19.9 Å². The average Bonchev–Trinajstić information content (AvgIpc) is 2.97. The zero-order chi connectivity index (χ0) is 34.0. The second kappa shape index (κ2) is 12.2. The largest absolute Gasteiger partial charge is 0.481 e. The van der Waals surface area contributed by atoms with Crippen LogP contribution in [0.25, 0.3) is 0 Å². The highest BCUT2D eigenvalue weighted by Crippen LogP contribution is 2.75. The van der Waals surface area contributed by atoms with Crippen LogP contribution in [0.15, 0.2) is 11.6 Å². The zero-order valence-corrected chi connectivity index (χ0v) is 29.4. The smallest absolute Gasteiger partial charge is 0.307 e. The van der Waals surface area contributed by atoms with Gasteiger partial charge in [-0.2, -0.15) is 0 Å². The summed E-state index contributed by atoms with van der Waals surface area (Å²) in [6.45, 7) is 17.7. The lowest BCUT2D eigenvalue weighted by Gasteiger charge is -2.71. The molecule has 0 aromatic rings. The molecule has 4 N–H and O–H groups in total. The molecule has 260 valence electrons. The maximum atomic E-state index is 13.3. The Labute approximate surface area is 275 Å². The molecule has 1 aliphatic heterocycles. The van der Waals surface area contributed by atoms with Crippen LogP contribution in [0.5, 0.6) is 0 Å². The second-order valence-corrected chi connectivity index (χ2v) is 17.1. The summed E-state index contributed by atoms with van der Waals surface area (Å²) in [6.07, 6.45) is 6.30. The highest BCUT2D eigenvalue weighted by molar-refractivity contribution is 5.73. The number of carbonyl (C=O) groups is 3.